The first-order valence-corrected chi connectivity index (χ1v) is 8.52. The number of carbonyl (C=O) groups is 1. The molecule has 3 rings (SSSR count). The Bertz CT molecular complexity index is 967. The van der Waals surface area contributed by atoms with Crippen LogP contribution >= 0.6 is 23.2 Å². The van der Waals surface area contributed by atoms with Gasteiger partial charge in [0.05, 0.1) is 6.54 Å². The molecule has 2 aromatic carbocycles. The minimum absolute atomic E-state index is 0.0312. The maximum absolute atomic E-state index is 12.3. The Balaban J connectivity index is 1.75. The highest BCUT2D eigenvalue weighted by molar-refractivity contribution is 6.35. The summed E-state index contributed by atoms with van der Waals surface area (Å²) in [5, 5.41) is 4.91. The third-order valence-corrected chi connectivity index (χ3v) is 4.37. The number of nitrogens with zero attached hydrogens (tertiary/aromatic N) is 2. The molecular weight excluding hydrogens is 375 g/mol. The highest BCUT2D eigenvalue weighted by Gasteiger charge is 2.14. The number of aromatic nitrogens is 2. The lowest BCUT2D eigenvalue weighted by molar-refractivity contribution is 0.0463. The Labute approximate surface area is 159 Å². The van der Waals surface area contributed by atoms with E-state index in [1.807, 2.05) is 30.3 Å². The summed E-state index contributed by atoms with van der Waals surface area (Å²) >= 11 is 12.1. The highest BCUT2D eigenvalue weighted by Crippen LogP contribution is 2.25. The Morgan fingerprint density at radius 2 is 1.65 bits per heavy atom. The van der Waals surface area contributed by atoms with Crippen molar-refractivity contribution in [3.8, 4) is 0 Å². The average molecular weight is 389 g/mol. The summed E-state index contributed by atoms with van der Waals surface area (Å²) in [4.78, 5) is 24.3. The molecule has 0 saturated heterocycles. The molecule has 0 aliphatic rings. The third kappa shape index (κ3) is 4.31. The smallest absolute Gasteiger partial charge is 0.359 e. The first kappa shape index (κ1) is 18.2. The SMILES string of the molecule is O=C(OCc1c(Cl)cccc1Cl)c1ccc(=O)n(Cc2ccccc2)n1. The molecule has 0 amide bonds. The zero-order valence-electron chi connectivity index (χ0n) is 13.6. The Morgan fingerprint density at radius 1 is 0.962 bits per heavy atom. The number of hydrogen-bond acceptors (Lipinski definition) is 4. The first-order chi connectivity index (χ1) is 12.5. The maximum Gasteiger partial charge on any atom is 0.359 e. The number of benzene rings is 2. The first-order valence-electron chi connectivity index (χ1n) is 7.76. The number of carbonyl (C=O) groups excluding carboxylic acids is 1. The van der Waals surface area contributed by atoms with Crippen molar-refractivity contribution in [1.29, 1.82) is 0 Å². The van der Waals surface area contributed by atoms with Gasteiger partial charge in [-0.15, -0.1) is 0 Å². The molecule has 7 heteroatoms. The second kappa shape index (κ2) is 8.17. The fourth-order valence-electron chi connectivity index (χ4n) is 2.31. The normalized spacial score (nSPS) is 10.5. The standard InChI is InChI=1S/C19H14Cl2N2O3/c20-15-7-4-8-16(21)14(15)12-26-19(25)17-9-10-18(24)23(22-17)11-13-5-2-1-3-6-13/h1-10H,11-12H2. The molecule has 1 heterocycles. The number of halogens is 2. The van der Waals surface area contributed by atoms with Crippen molar-refractivity contribution in [2.45, 2.75) is 13.2 Å². The van der Waals surface area contributed by atoms with Gasteiger partial charge in [0.2, 0.25) is 0 Å². The van der Waals surface area contributed by atoms with Crippen molar-refractivity contribution >= 4 is 29.2 Å². The van der Waals surface area contributed by atoms with Crippen LogP contribution in [-0.2, 0) is 17.9 Å². The van der Waals surface area contributed by atoms with Crippen molar-refractivity contribution in [3.63, 3.8) is 0 Å². The van der Waals surface area contributed by atoms with Crippen LogP contribution in [0.25, 0.3) is 0 Å². The lowest BCUT2D eigenvalue weighted by Crippen LogP contribution is -2.25. The van der Waals surface area contributed by atoms with Crippen LogP contribution in [0, 0.1) is 0 Å². The van der Waals surface area contributed by atoms with E-state index in [9.17, 15) is 9.59 Å². The van der Waals surface area contributed by atoms with Crippen LogP contribution < -0.4 is 5.56 Å². The molecule has 0 fully saturated rings. The van der Waals surface area contributed by atoms with Crippen LogP contribution in [0.1, 0.15) is 21.6 Å². The van der Waals surface area contributed by atoms with E-state index in [2.05, 4.69) is 5.10 Å². The van der Waals surface area contributed by atoms with Crippen LogP contribution in [0.4, 0.5) is 0 Å². The summed E-state index contributed by atoms with van der Waals surface area (Å²) in [7, 11) is 0. The highest BCUT2D eigenvalue weighted by atomic mass is 35.5. The second-order valence-corrected chi connectivity index (χ2v) is 6.29. The molecule has 1 aromatic heterocycles. The monoisotopic (exact) mass is 388 g/mol. The molecule has 26 heavy (non-hydrogen) atoms. The number of ether oxygens (including phenoxy) is 1. The van der Waals surface area contributed by atoms with Gasteiger partial charge < -0.3 is 4.74 Å². The van der Waals surface area contributed by atoms with E-state index in [1.165, 1.54) is 16.8 Å². The van der Waals surface area contributed by atoms with Crippen LogP contribution in [0.5, 0.6) is 0 Å². The molecule has 0 N–H and O–H groups in total. The molecule has 0 spiro atoms. The van der Waals surface area contributed by atoms with E-state index in [-0.39, 0.29) is 24.4 Å². The Hall–Kier alpha value is -2.63. The van der Waals surface area contributed by atoms with Gasteiger partial charge in [-0.3, -0.25) is 4.79 Å². The quantitative estimate of drug-likeness (QED) is 0.620. The Morgan fingerprint density at radius 3 is 2.35 bits per heavy atom. The van der Waals surface area contributed by atoms with Gasteiger partial charge in [0, 0.05) is 21.7 Å². The minimum Gasteiger partial charge on any atom is -0.456 e. The summed E-state index contributed by atoms with van der Waals surface area (Å²) in [5.74, 6) is -0.664. The minimum atomic E-state index is -0.664. The van der Waals surface area contributed by atoms with E-state index in [0.717, 1.165) is 5.56 Å². The van der Waals surface area contributed by atoms with Gasteiger partial charge in [0.25, 0.3) is 5.56 Å². The van der Waals surface area contributed by atoms with E-state index in [0.29, 0.717) is 15.6 Å². The lowest BCUT2D eigenvalue weighted by atomic mass is 10.2. The van der Waals surface area contributed by atoms with Gasteiger partial charge in [-0.05, 0) is 23.8 Å². The molecule has 0 unspecified atom stereocenters. The Kier molecular flexibility index (Phi) is 5.71. The number of esters is 1. The summed E-state index contributed by atoms with van der Waals surface area (Å²) in [6.07, 6.45) is 0. The van der Waals surface area contributed by atoms with E-state index in [1.54, 1.807) is 18.2 Å². The third-order valence-electron chi connectivity index (χ3n) is 3.66. The zero-order chi connectivity index (χ0) is 18.5. The van der Waals surface area contributed by atoms with E-state index < -0.39 is 5.97 Å². The second-order valence-electron chi connectivity index (χ2n) is 5.48. The summed E-state index contributed by atoms with van der Waals surface area (Å²) < 4.78 is 6.45. The topological polar surface area (TPSA) is 61.2 Å². The van der Waals surface area contributed by atoms with Gasteiger partial charge >= 0.3 is 5.97 Å². The molecule has 5 nitrogen and oxygen atoms in total. The molecule has 3 aromatic rings. The molecule has 0 saturated carbocycles. The summed E-state index contributed by atoms with van der Waals surface area (Å²) in [6.45, 7) is 0.175. The summed E-state index contributed by atoms with van der Waals surface area (Å²) in [5.41, 5.74) is 1.14. The maximum atomic E-state index is 12.3. The van der Waals surface area contributed by atoms with Gasteiger partial charge in [-0.2, -0.15) is 5.10 Å². The molecular formula is C19H14Cl2N2O3. The van der Waals surface area contributed by atoms with Crippen LogP contribution in [-0.4, -0.2) is 15.7 Å². The molecule has 0 bridgehead atoms. The fraction of sp³-hybridized carbons (Fsp3) is 0.105. The van der Waals surface area contributed by atoms with Gasteiger partial charge in [0.1, 0.15) is 6.61 Å². The number of hydrogen-bond donors (Lipinski definition) is 0. The fourth-order valence-corrected chi connectivity index (χ4v) is 2.82. The number of rotatable bonds is 5. The largest absolute Gasteiger partial charge is 0.456 e. The van der Waals surface area contributed by atoms with E-state index >= 15 is 0 Å². The summed E-state index contributed by atoms with van der Waals surface area (Å²) in [6, 6.07) is 17.0. The van der Waals surface area contributed by atoms with Gasteiger partial charge in [0.15, 0.2) is 5.69 Å². The van der Waals surface area contributed by atoms with Gasteiger partial charge in [-0.1, -0.05) is 59.6 Å². The zero-order valence-corrected chi connectivity index (χ0v) is 15.1. The lowest BCUT2D eigenvalue weighted by Gasteiger charge is -2.09. The molecule has 132 valence electrons. The predicted octanol–water partition coefficient (Wildman–Crippen LogP) is 3.96. The van der Waals surface area contributed by atoms with Crippen LogP contribution in [0.2, 0.25) is 10.0 Å². The van der Waals surface area contributed by atoms with Crippen molar-refractivity contribution in [2.75, 3.05) is 0 Å². The van der Waals surface area contributed by atoms with Gasteiger partial charge in [-0.25, -0.2) is 9.48 Å². The average Bonchev–Trinajstić information content (AvgIpc) is 2.64. The molecule has 0 radical (unpaired) electrons. The van der Waals surface area contributed by atoms with Crippen LogP contribution in [0.3, 0.4) is 0 Å². The van der Waals surface area contributed by atoms with Crippen molar-refractivity contribution in [2.24, 2.45) is 0 Å². The molecule has 0 atom stereocenters. The van der Waals surface area contributed by atoms with Crippen molar-refractivity contribution in [1.82, 2.24) is 9.78 Å². The predicted molar refractivity (Wildman–Crippen MR) is 99.6 cm³/mol. The molecule has 0 aliphatic heterocycles. The van der Waals surface area contributed by atoms with Crippen molar-refractivity contribution < 1.29 is 9.53 Å². The van der Waals surface area contributed by atoms with Crippen molar-refractivity contribution in [3.05, 3.63) is 97.9 Å². The molecule has 0 aliphatic carbocycles. The van der Waals surface area contributed by atoms with Crippen LogP contribution in [0.15, 0.2) is 65.5 Å². The van der Waals surface area contributed by atoms with E-state index in [4.69, 9.17) is 27.9 Å².